The summed E-state index contributed by atoms with van der Waals surface area (Å²) in [4.78, 5) is 16.8. The van der Waals surface area contributed by atoms with Gasteiger partial charge in [-0.2, -0.15) is 0 Å². The molecule has 4 aromatic rings. The lowest BCUT2D eigenvalue weighted by atomic mass is 10.2. The van der Waals surface area contributed by atoms with Gasteiger partial charge in [-0.25, -0.2) is 9.37 Å². The van der Waals surface area contributed by atoms with E-state index in [0.29, 0.717) is 43.5 Å². The molecule has 2 aromatic carbocycles. The van der Waals surface area contributed by atoms with Gasteiger partial charge in [0, 0.05) is 26.3 Å². The van der Waals surface area contributed by atoms with Crippen LogP contribution in [-0.4, -0.2) is 58.9 Å². The number of aryl methyl sites for hydroxylation is 1. The van der Waals surface area contributed by atoms with Crippen molar-refractivity contribution in [1.29, 1.82) is 0 Å². The van der Waals surface area contributed by atoms with Crippen LogP contribution in [0, 0.1) is 12.7 Å². The molecular weight excluding hydrogens is 439 g/mol. The second-order valence-corrected chi connectivity index (χ2v) is 7.73. The number of hydrogen-bond donors (Lipinski definition) is 2. The first-order chi connectivity index (χ1) is 16.6. The Morgan fingerprint density at radius 1 is 1.09 bits per heavy atom. The van der Waals surface area contributed by atoms with Crippen molar-refractivity contribution >= 4 is 28.4 Å². The van der Waals surface area contributed by atoms with Crippen molar-refractivity contribution < 1.29 is 18.7 Å². The molecule has 0 aliphatic rings. The number of rotatable bonds is 11. The van der Waals surface area contributed by atoms with Crippen molar-refractivity contribution in [1.82, 2.24) is 24.9 Å². The monoisotopic (exact) mass is 466 g/mol. The maximum absolute atomic E-state index is 13.7. The fourth-order valence-corrected chi connectivity index (χ4v) is 3.61. The van der Waals surface area contributed by atoms with Crippen LogP contribution in [0.4, 0.5) is 10.2 Å². The summed E-state index contributed by atoms with van der Waals surface area (Å²) in [6.07, 6.45) is 1.50. The highest BCUT2D eigenvalue weighted by atomic mass is 19.1. The molecule has 0 unspecified atom stereocenters. The lowest BCUT2D eigenvalue weighted by molar-refractivity contribution is 0.0949. The minimum Gasteiger partial charge on any atom is -0.491 e. The largest absolute Gasteiger partial charge is 0.491 e. The van der Waals surface area contributed by atoms with E-state index in [2.05, 4.69) is 20.8 Å². The van der Waals surface area contributed by atoms with Crippen molar-refractivity contribution in [2.24, 2.45) is 0 Å². The first kappa shape index (κ1) is 23.4. The van der Waals surface area contributed by atoms with Crippen molar-refractivity contribution in [3.05, 3.63) is 59.7 Å². The Balaban J connectivity index is 1.38. The number of fused-ring (bicyclic) bond motifs is 3. The van der Waals surface area contributed by atoms with Gasteiger partial charge >= 0.3 is 0 Å². The van der Waals surface area contributed by atoms with Crippen LogP contribution in [0.3, 0.4) is 0 Å². The Morgan fingerprint density at radius 2 is 1.91 bits per heavy atom. The summed E-state index contributed by atoms with van der Waals surface area (Å²) in [6, 6.07) is 11.7. The Hall–Kier alpha value is -3.79. The SMILES string of the molecule is COCCOc1ccc2c(c1)nc(NCCCCNC(=O)c1ccccc1F)c1nnc(C)n12. The second-order valence-electron chi connectivity index (χ2n) is 7.73. The fourth-order valence-electron chi connectivity index (χ4n) is 3.61. The van der Waals surface area contributed by atoms with Gasteiger partial charge in [0.05, 0.1) is 23.2 Å². The molecule has 1 amide bonds. The highest BCUT2D eigenvalue weighted by Gasteiger charge is 2.14. The Bertz CT molecular complexity index is 1290. The maximum Gasteiger partial charge on any atom is 0.254 e. The molecule has 34 heavy (non-hydrogen) atoms. The molecule has 0 atom stereocenters. The predicted octanol–water partition coefficient (Wildman–Crippen LogP) is 3.37. The van der Waals surface area contributed by atoms with Crippen molar-refractivity contribution in [3.8, 4) is 5.75 Å². The lowest BCUT2D eigenvalue weighted by Crippen LogP contribution is -2.25. The first-order valence-corrected chi connectivity index (χ1v) is 11.1. The molecule has 0 bridgehead atoms. The van der Waals surface area contributed by atoms with E-state index in [1.807, 2.05) is 29.5 Å². The van der Waals surface area contributed by atoms with Crippen LogP contribution in [0.1, 0.15) is 29.0 Å². The van der Waals surface area contributed by atoms with Crippen molar-refractivity contribution in [2.45, 2.75) is 19.8 Å². The smallest absolute Gasteiger partial charge is 0.254 e. The zero-order valence-electron chi connectivity index (χ0n) is 19.2. The summed E-state index contributed by atoms with van der Waals surface area (Å²) >= 11 is 0. The molecule has 0 aliphatic heterocycles. The van der Waals surface area contributed by atoms with Crippen molar-refractivity contribution in [2.75, 3.05) is 38.7 Å². The molecule has 0 saturated carbocycles. The zero-order chi connectivity index (χ0) is 23.9. The number of nitrogens with zero attached hydrogens (tertiary/aromatic N) is 4. The van der Waals surface area contributed by atoms with E-state index >= 15 is 0 Å². The second kappa shape index (κ2) is 10.9. The summed E-state index contributed by atoms with van der Waals surface area (Å²) in [5.41, 5.74) is 2.34. The molecule has 9 nitrogen and oxygen atoms in total. The van der Waals surface area contributed by atoms with Gasteiger partial charge in [-0.3, -0.25) is 9.20 Å². The number of hydrogen-bond acceptors (Lipinski definition) is 7. The van der Waals surface area contributed by atoms with Crippen LogP contribution < -0.4 is 15.4 Å². The average Bonchev–Trinajstić information content (AvgIpc) is 3.23. The summed E-state index contributed by atoms with van der Waals surface area (Å²) in [6.45, 7) is 3.92. The number of aromatic nitrogens is 4. The van der Waals surface area contributed by atoms with Gasteiger partial charge in [0.25, 0.3) is 5.91 Å². The first-order valence-electron chi connectivity index (χ1n) is 11.1. The summed E-state index contributed by atoms with van der Waals surface area (Å²) in [5.74, 6) is 1.15. The quantitative estimate of drug-likeness (QED) is 0.327. The molecular formula is C24H27FN6O3. The number of ether oxygens (including phenoxy) is 2. The fraction of sp³-hybridized carbons (Fsp3) is 0.333. The number of unbranched alkanes of at least 4 members (excludes halogenated alkanes) is 1. The standard InChI is InChI=1S/C24H27FN6O3/c1-16-29-30-23-22(26-11-5-6-12-27-24(32)18-7-3-4-8-19(18)25)28-20-15-17(34-14-13-33-2)9-10-21(20)31(16)23/h3-4,7-10,15H,5-6,11-14H2,1-2H3,(H,26,28)(H,27,32). The van der Waals surface area contributed by atoms with E-state index in [4.69, 9.17) is 14.5 Å². The average molecular weight is 467 g/mol. The molecule has 2 N–H and O–H groups in total. The molecule has 2 aromatic heterocycles. The van der Waals surface area contributed by atoms with Gasteiger partial charge in [-0.05, 0) is 44.0 Å². The number of nitrogens with one attached hydrogen (secondary N) is 2. The summed E-state index contributed by atoms with van der Waals surface area (Å²) in [5, 5.41) is 14.6. The number of methoxy groups -OCH3 is 1. The lowest BCUT2D eigenvalue weighted by Gasteiger charge is -2.11. The van der Waals surface area contributed by atoms with E-state index in [1.54, 1.807) is 19.2 Å². The molecule has 178 valence electrons. The van der Waals surface area contributed by atoms with Crippen LogP contribution >= 0.6 is 0 Å². The molecule has 10 heteroatoms. The van der Waals surface area contributed by atoms with E-state index in [-0.39, 0.29) is 5.56 Å². The highest BCUT2D eigenvalue weighted by Crippen LogP contribution is 2.25. The molecule has 4 rings (SSSR count). The molecule has 0 radical (unpaired) electrons. The van der Waals surface area contributed by atoms with Crippen LogP contribution in [0.15, 0.2) is 42.5 Å². The molecule has 0 spiro atoms. The molecule has 0 fully saturated rings. The van der Waals surface area contributed by atoms with Gasteiger partial charge in [0.2, 0.25) is 5.65 Å². The van der Waals surface area contributed by atoms with Crippen molar-refractivity contribution in [3.63, 3.8) is 0 Å². The highest BCUT2D eigenvalue weighted by molar-refractivity contribution is 5.94. The normalized spacial score (nSPS) is 11.1. The Kier molecular flexibility index (Phi) is 7.48. The molecule has 2 heterocycles. The van der Waals surface area contributed by atoms with Gasteiger partial charge in [0.15, 0.2) is 5.82 Å². The topological polar surface area (TPSA) is 103 Å². The number of anilines is 1. The Labute approximate surface area is 196 Å². The van der Waals surface area contributed by atoms with E-state index in [1.165, 1.54) is 12.1 Å². The minimum absolute atomic E-state index is 0.0520. The van der Waals surface area contributed by atoms with Crippen LogP contribution in [0.5, 0.6) is 5.75 Å². The minimum atomic E-state index is -0.524. The molecule has 0 saturated heterocycles. The number of carbonyl (C=O) groups is 1. The van der Waals surface area contributed by atoms with Gasteiger partial charge in [-0.1, -0.05) is 12.1 Å². The van der Waals surface area contributed by atoms with Crippen LogP contribution in [-0.2, 0) is 4.74 Å². The number of benzene rings is 2. The van der Waals surface area contributed by atoms with Gasteiger partial charge in [0.1, 0.15) is 24.0 Å². The molecule has 0 aliphatic carbocycles. The van der Waals surface area contributed by atoms with Crippen LogP contribution in [0.25, 0.3) is 16.7 Å². The van der Waals surface area contributed by atoms with E-state index in [9.17, 15) is 9.18 Å². The third-order valence-corrected chi connectivity index (χ3v) is 5.31. The zero-order valence-corrected chi connectivity index (χ0v) is 19.2. The van der Waals surface area contributed by atoms with Crippen LogP contribution in [0.2, 0.25) is 0 Å². The van der Waals surface area contributed by atoms with Gasteiger partial charge in [-0.15, -0.1) is 10.2 Å². The predicted molar refractivity (Wildman–Crippen MR) is 127 cm³/mol. The maximum atomic E-state index is 13.7. The van der Waals surface area contributed by atoms with E-state index in [0.717, 1.165) is 29.7 Å². The number of halogens is 1. The summed E-state index contributed by atoms with van der Waals surface area (Å²) in [7, 11) is 1.63. The van der Waals surface area contributed by atoms with E-state index < -0.39 is 11.7 Å². The Morgan fingerprint density at radius 3 is 2.74 bits per heavy atom. The summed E-state index contributed by atoms with van der Waals surface area (Å²) < 4.78 is 26.4. The number of carbonyl (C=O) groups excluding carboxylic acids is 1. The third kappa shape index (κ3) is 5.23. The number of amides is 1. The van der Waals surface area contributed by atoms with Gasteiger partial charge < -0.3 is 20.1 Å². The third-order valence-electron chi connectivity index (χ3n) is 5.31.